The first-order chi connectivity index (χ1) is 13.4. The normalized spacial score (nSPS) is 19.6. The highest BCUT2D eigenvalue weighted by molar-refractivity contribution is 7.93. The number of anilines is 3. The lowest BCUT2D eigenvalue weighted by Crippen LogP contribution is -2.48. The Balaban J connectivity index is 1.80. The van der Waals surface area contributed by atoms with Crippen LogP contribution in [-0.2, 0) is 14.8 Å². The van der Waals surface area contributed by atoms with Crippen LogP contribution in [-0.4, -0.2) is 70.9 Å². The topological polar surface area (TPSA) is 64.2 Å². The van der Waals surface area contributed by atoms with Crippen molar-refractivity contribution >= 4 is 33.0 Å². The van der Waals surface area contributed by atoms with Crippen molar-refractivity contribution in [2.45, 2.75) is 4.90 Å². The Hall–Kier alpha value is -2.42. The summed E-state index contributed by atoms with van der Waals surface area (Å²) in [6, 6.07) is 13.8. The average molecular weight is 401 g/mol. The number of nitrogens with zero attached hydrogens (tertiary/aromatic N) is 4. The zero-order chi connectivity index (χ0) is 19.9. The van der Waals surface area contributed by atoms with Gasteiger partial charge in [0, 0.05) is 33.2 Å². The van der Waals surface area contributed by atoms with Crippen molar-refractivity contribution in [3.63, 3.8) is 0 Å². The van der Waals surface area contributed by atoms with Crippen LogP contribution in [0.4, 0.5) is 17.1 Å². The van der Waals surface area contributed by atoms with Gasteiger partial charge in [0.25, 0.3) is 10.0 Å². The highest BCUT2D eigenvalue weighted by atomic mass is 32.2. The second kappa shape index (κ2) is 7.20. The van der Waals surface area contributed by atoms with Crippen LogP contribution >= 0.6 is 0 Å². The Kier molecular flexibility index (Phi) is 4.86. The molecule has 4 rings (SSSR count). The molecule has 2 aliphatic heterocycles. The highest BCUT2D eigenvalue weighted by Crippen LogP contribution is 2.43. The molecule has 1 fully saturated rings. The monoisotopic (exact) mass is 400 g/mol. The Morgan fingerprint density at radius 2 is 1.43 bits per heavy atom. The first kappa shape index (κ1) is 18.9. The largest absolute Gasteiger partial charge is 0.304 e. The Morgan fingerprint density at radius 1 is 0.857 bits per heavy atom. The van der Waals surface area contributed by atoms with Gasteiger partial charge in [-0.15, -0.1) is 0 Å². The number of benzene rings is 2. The molecule has 0 aliphatic carbocycles. The molecule has 2 heterocycles. The van der Waals surface area contributed by atoms with E-state index in [9.17, 15) is 13.2 Å². The molecule has 2 aliphatic rings. The molecule has 148 valence electrons. The number of carbonyl (C=O) groups is 1. The molecule has 8 heteroatoms. The fourth-order valence-electron chi connectivity index (χ4n) is 3.72. The second-order valence-electron chi connectivity index (χ2n) is 7.24. The first-order valence-electron chi connectivity index (χ1n) is 9.30. The van der Waals surface area contributed by atoms with Crippen LogP contribution < -0.4 is 9.21 Å². The molecule has 0 unspecified atom stereocenters. The van der Waals surface area contributed by atoms with Crippen molar-refractivity contribution in [1.82, 2.24) is 9.80 Å². The maximum absolute atomic E-state index is 13.4. The standard InChI is InChI=1S/C20H24N4O3S/c1-21-11-13-23(14-12-21)15-20(25)24-17-8-4-3-7-16(17)22(2)28(26,27)19-10-6-5-9-18(19)24/h3-10H,11-15H2,1-2H3. The average Bonchev–Trinajstić information content (AvgIpc) is 2.76. The predicted molar refractivity (Wildman–Crippen MR) is 110 cm³/mol. The molecule has 0 aromatic heterocycles. The number of rotatable bonds is 2. The van der Waals surface area contributed by atoms with E-state index >= 15 is 0 Å². The third-order valence-corrected chi connectivity index (χ3v) is 7.23. The summed E-state index contributed by atoms with van der Waals surface area (Å²) >= 11 is 0. The van der Waals surface area contributed by atoms with E-state index in [2.05, 4.69) is 16.8 Å². The lowest BCUT2D eigenvalue weighted by atomic mass is 10.2. The molecule has 0 atom stereocenters. The predicted octanol–water partition coefficient (Wildman–Crippen LogP) is 1.74. The van der Waals surface area contributed by atoms with Crippen LogP contribution in [0.5, 0.6) is 0 Å². The van der Waals surface area contributed by atoms with Crippen LogP contribution in [0.3, 0.4) is 0 Å². The summed E-state index contributed by atoms with van der Waals surface area (Å²) in [7, 11) is -0.160. The molecule has 0 bridgehead atoms. The van der Waals surface area contributed by atoms with Gasteiger partial charge in [0.05, 0.1) is 23.6 Å². The number of amides is 1. The van der Waals surface area contributed by atoms with E-state index in [1.807, 2.05) is 6.07 Å². The summed E-state index contributed by atoms with van der Waals surface area (Å²) in [6.07, 6.45) is 0. The lowest BCUT2D eigenvalue weighted by Gasteiger charge is -2.33. The molecule has 1 saturated heterocycles. The third-order valence-electron chi connectivity index (χ3n) is 5.41. The van der Waals surface area contributed by atoms with Gasteiger partial charge in [-0.1, -0.05) is 24.3 Å². The number of carbonyl (C=O) groups excluding carboxylic acids is 1. The van der Waals surface area contributed by atoms with Gasteiger partial charge in [-0.05, 0) is 31.3 Å². The van der Waals surface area contributed by atoms with Crippen LogP contribution in [0.15, 0.2) is 53.4 Å². The van der Waals surface area contributed by atoms with Gasteiger partial charge in [0.1, 0.15) is 4.90 Å². The molecular formula is C20H24N4O3S. The quantitative estimate of drug-likeness (QED) is 0.768. The van der Waals surface area contributed by atoms with Crippen molar-refractivity contribution in [3.05, 3.63) is 48.5 Å². The molecule has 2 aromatic rings. The Morgan fingerprint density at radius 3 is 2.11 bits per heavy atom. The number of hydrogen-bond donors (Lipinski definition) is 0. The van der Waals surface area contributed by atoms with Crippen molar-refractivity contribution in [1.29, 1.82) is 0 Å². The molecule has 2 aromatic carbocycles. The van der Waals surface area contributed by atoms with Crippen LogP contribution in [0.1, 0.15) is 0 Å². The maximum Gasteiger partial charge on any atom is 0.266 e. The van der Waals surface area contributed by atoms with Gasteiger partial charge in [-0.2, -0.15) is 0 Å². The van der Waals surface area contributed by atoms with E-state index < -0.39 is 10.0 Å². The van der Waals surface area contributed by atoms with Crippen molar-refractivity contribution in [2.75, 3.05) is 56.0 Å². The van der Waals surface area contributed by atoms with Crippen LogP contribution in [0, 0.1) is 0 Å². The number of sulfonamides is 1. The minimum absolute atomic E-state index is 0.130. The molecule has 0 N–H and O–H groups in total. The fourth-order valence-corrected chi connectivity index (χ4v) is 5.11. The highest BCUT2D eigenvalue weighted by Gasteiger charge is 2.36. The number of piperazine rings is 1. The molecule has 0 spiro atoms. The first-order valence-corrected chi connectivity index (χ1v) is 10.7. The number of hydrogen-bond acceptors (Lipinski definition) is 5. The van der Waals surface area contributed by atoms with E-state index in [4.69, 9.17) is 0 Å². The summed E-state index contributed by atoms with van der Waals surface area (Å²) in [4.78, 5) is 19.5. The van der Waals surface area contributed by atoms with E-state index in [-0.39, 0.29) is 17.3 Å². The molecule has 7 nitrogen and oxygen atoms in total. The third kappa shape index (κ3) is 3.17. The summed E-state index contributed by atoms with van der Waals surface area (Å²) in [5.74, 6) is -0.130. The zero-order valence-electron chi connectivity index (χ0n) is 16.1. The summed E-state index contributed by atoms with van der Waals surface area (Å²) in [6.45, 7) is 3.71. The van der Waals surface area contributed by atoms with Gasteiger partial charge >= 0.3 is 0 Å². The molecule has 0 saturated carbocycles. The molecule has 0 radical (unpaired) electrons. The van der Waals surface area contributed by atoms with Gasteiger partial charge in [-0.25, -0.2) is 8.42 Å². The van der Waals surface area contributed by atoms with Gasteiger partial charge in [0.2, 0.25) is 5.91 Å². The SMILES string of the molecule is CN1CCN(CC(=O)N2c3ccccc3N(C)S(=O)(=O)c3ccccc32)CC1. The van der Waals surface area contributed by atoms with Crippen molar-refractivity contribution < 1.29 is 13.2 Å². The Labute approximate surface area is 165 Å². The molecule has 1 amide bonds. The zero-order valence-corrected chi connectivity index (χ0v) is 16.9. The summed E-state index contributed by atoms with van der Waals surface area (Å²) in [5, 5.41) is 0. The number of para-hydroxylation sites is 3. The number of likely N-dealkylation sites (N-methyl/N-ethyl adjacent to an activating group) is 1. The minimum atomic E-state index is -3.76. The van der Waals surface area contributed by atoms with Gasteiger partial charge in [0.15, 0.2) is 0 Å². The second-order valence-corrected chi connectivity index (χ2v) is 9.18. The van der Waals surface area contributed by atoms with E-state index in [0.29, 0.717) is 17.1 Å². The number of fused-ring (bicyclic) bond motifs is 2. The lowest BCUT2D eigenvalue weighted by molar-refractivity contribution is -0.119. The maximum atomic E-state index is 13.4. The summed E-state index contributed by atoms with van der Waals surface area (Å²) in [5.41, 5.74) is 1.47. The summed E-state index contributed by atoms with van der Waals surface area (Å²) < 4.78 is 27.6. The van der Waals surface area contributed by atoms with Crippen molar-refractivity contribution in [3.8, 4) is 0 Å². The van der Waals surface area contributed by atoms with E-state index in [0.717, 1.165) is 26.2 Å². The van der Waals surface area contributed by atoms with E-state index in [1.54, 1.807) is 47.4 Å². The molecular weight excluding hydrogens is 376 g/mol. The smallest absolute Gasteiger partial charge is 0.266 e. The Bertz CT molecular complexity index is 1000. The van der Waals surface area contributed by atoms with Gasteiger partial charge in [-0.3, -0.25) is 18.9 Å². The minimum Gasteiger partial charge on any atom is -0.304 e. The van der Waals surface area contributed by atoms with Gasteiger partial charge < -0.3 is 4.90 Å². The van der Waals surface area contributed by atoms with Crippen molar-refractivity contribution in [2.24, 2.45) is 0 Å². The van der Waals surface area contributed by atoms with E-state index in [1.165, 1.54) is 11.4 Å². The molecule has 28 heavy (non-hydrogen) atoms. The fraction of sp³-hybridized carbons (Fsp3) is 0.350. The van der Waals surface area contributed by atoms with Crippen LogP contribution in [0.2, 0.25) is 0 Å². The van der Waals surface area contributed by atoms with Crippen LogP contribution in [0.25, 0.3) is 0 Å².